The highest BCUT2D eigenvalue weighted by molar-refractivity contribution is 6.06. The van der Waals surface area contributed by atoms with E-state index in [2.05, 4.69) is 20.3 Å². The van der Waals surface area contributed by atoms with Crippen LogP contribution in [0.1, 0.15) is 12.0 Å². The van der Waals surface area contributed by atoms with Crippen LogP contribution in [0.2, 0.25) is 0 Å². The number of carboxylic acids is 1. The molecule has 1 aromatic carbocycles. The third kappa shape index (κ3) is 5.32. The summed E-state index contributed by atoms with van der Waals surface area (Å²) in [5.74, 6) is -0.623. The first-order valence-corrected chi connectivity index (χ1v) is 9.46. The van der Waals surface area contributed by atoms with Gasteiger partial charge in [-0.05, 0) is 6.07 Å². The number of para-hydroxylation sites is 1. The number of carboxylic acid groups (broad SMARTS) is 1. The van der Waals surface area contributed by atoms with Crippen LogP contribution < -0.4 is 11.1 Å². The molecule has 1 aromatic heterocycles. The van der Waals surface area contributed by atoms with E-state index in [0.717, 1.165) is 6.20 Å². The van der Waals surface area contributed by atoms with Gasteiger partial charge in [0.2, 0.25) is 5.95 Å². The Hall–Kier alpha value is -3.67. The zero-order chi connectivity index (χ0) is 23.5. The summed E-state index contributed by atoms with van der Waals surface area (Å²) in [4.78, 5) is 24.2. The SMILES string of the molecule is CN1CC(C(F)(F)F)=CN=C1c1cccc(-c2cnc(NCC(O)CC(=O)O)nc2)c1N. The van der Waals surface area contributed by atoms with Crippen LogP contribution in [0.25, 0.3) is 11.1 Å². The highest BCUT2D eigenvalue weighted by Gasteiger charge is 2.36. The molecule has 32 heavy (non-hydrogen) atoms. The number of hydrogen-bond acceptors (Lipinski definition) is 8. The summed E-state index contributed by atoms with van der Waals surface area (Å²) in [7, 11) is 1.51. The molecule has 5 N–H and O–H groups in total. The van der Waals surface area contributed by atoms with Crippen LogP contribution in [0.15, 0.2) is 47.4 Å². The van der Waals surface area contributed by atoms with Crippen molar-refractivity contribution < 1.29 is 28.2 Å². The van der Waals surface area contributed by atoms with Crippen LogP contribution in [0.3, 0.4) is 0 Å². The molecule has 1 atom stereocenters. The molecular weight excluding hydrogens is 429 g/mol. The summed E-state index contributed by atoms with van der Waals surface area (Å²) in [6, 6.07) is 5.09. The number of nitrogens with zero attached hydrogens (tertiary/aromatic N) is 4. The number of aliphatic imine (C=N–C) groups is 1. The molecule has 9 nitrogen and oxygen atoms in total. The Balaban J connectivity index is 1.81. The second-order valence-electron chi connectivity index (χ2n) is 7.16. The van der Waals surface area contributed by atoms with Crippen molar-refractivity contribution in [2.24, 2.45) is 4.99 Å². The number of alkyl halides is 3. The fourth-order valence-electron chi connectivity index (χ4n) is 3.10. The standard InChI is InChI=1S/C20H21F3N6O3/c1-29-10-12(20(21,22)23)8-25-18(29)15-4-2-3-14(17(15)24)11-6-26-19(27-7-11)28-9-13(30)5-16(31)32/h2-4,6-8,13,30H,5,9-10,24H2,1H3,(H,31,32)(H,26,27,28). The van der Waals surface area contributed by atoms with Gasteiger partial charge in [0.25, 0.3) is 0 Å². The summed E-state index contributed by atoms with van der Waals surface area (Å²) in [5, 5.41) is 21.0. The maximum Gasteiger partial charge on any atom is 0.415 e. The van der Waals surface area contributed by atoms with E-state index in [1.165, 1.54) is 24.3 Å². The molecule has 0 fully saturated rings. The van der Waals surface area contributed by atoms with E-state index in [4.69, 9.17) is 10.8 Å². The Labute approximate surface area is 181 Å². The molecule has 1 aliphatic rings. The van der Waals surface area contributed by atoms with Crippen LogP contribution in [0.5, 0.6) is 0 Å². The molecule has 2 heterocycles. The number of hydrogen-bond donors (Lipinski definition) is 4. The van der Waals surface area contributed by atoms with Crippen LogP contribution in [-0.2, 0) is 4.79 Å². The number of likely N-dealkylation sites (N-methyl/N-ethyl adjacent to an activating group) is 1. The number of halogens is 3. The Morgan fingerprint density at radius 2 is 1.94 bits per heavy atom. The van der Waals surface area contributed by atoms with Crippen molar-refractivity contribution in [2.75, 3.05) is 31.2 Å². The molecule has 0 aliphatic carbocycles. The minimum atomic E-state index is -4.45. The van der Waals surface area contributed by atoms with E-state index in [0.29, 0.717) is 28.2 Å². The number of aliphatic hydroxyl groups excluding tert-OH is 1. The van der Waals surface area contributed by atoms with Gasteiger partial charge in [0.1, 0.15) is 5.84 Å². The highest BCUT2D eigenvalue weighted by atomic mass is 19.4. The topological polar surface area (TPSA) is 137 Å². The van der Waals surface area contributed by atoms with Crippen molar-refractivity contribution >= 4 is 23.4 Å². The fraction of sp³-hybridized carbons (Fsp3) is 0.300. The van der Waals surface area contributed by atoms with Crippen molar-refractivity contribution in [3.05, 3.63) is 47.9 Å². The zero-order valence-electron chi connectivity index (χ0n) is 17.0. The van der Waals surface area contributed by atoms with Crippen molar-refractivity contribution in [3.8, 4) is 11.1 Å². The summed E-state index contributed by atoms with van der Waals surface area (Å²) < 4.78 is 38.8. The minimum Gasteiger partial charge on any atom is -0.481 e. The number of anilines is 2. The number of carbonyl (C=O) groups is 1. The van der Waals surface area contributed by atoms with Gasteiger partial charge in [0.15, 0.2) is 0 Å². The number of rotatable bonds is 7. The molecule has 1 aliphatic heterocycles. The number of amidine groups is 1. The van der Waals surface area contributed by atoms with Gasteiger partial charge < -0.3 is 26.2 Å². The van der Waals surface area contributed by atoms with Crippen molar-refractivity contribution in [2.45, 2.75) is 18.7 Å². The molecular formula is C20H21F3N6O3. The summed E-state index contributed by atoms with van der Waals surface area (Å²) >= 11 is 0. The number of benzene rings is 1. The zero-order valence-corrected chi connectivity index (χ0v) is 17.0. The third-order valence-electron chi connectivity index (χ3n) is 4.69. The van der Waals surface area contributed by atoms with Crippen LogP contribution in [0.4, 0.5) is 24.8 Å². The Bertz CT molecular complexity index is 1050. The highest BCUT2D eigenvalue weighted by Crippen LogP contribution is 2.32. The number of nitrogens with two attached hydrogens (primary N) is 1. The number of nitrogens with one attached hydrogen (secondary N) is 1. The normalized spacial score (nSPS) is 15.1. The van der Waals surface area contributed by atoms with Crippen molar-refractivity contribution in [1.29, 1.82) is 0 Å². The molecule has 12 heteroatoms. The third-order valence-corrected chi connectivity index (χ3v) is 4.69. The monoisotopic (exact) mass is 450 g/mol. The van der Waals surface area contributed by atoms with Gasteiger partial charge in [0, 0.05) is 48.9 Å². The lowest BCUT2D eigenvalue weighted by Gasteiger charge is -2.27. The summed E-state index contributed by atoms with van der Waals surface area (Å²) in [6.45, 7) is -0.383. The molecule has 1 unspecified atom stereocenters. The second-order valence-corrected chi connectivity index (χ2v) is 7.16. The van der Waals surface area contributed by atoms with Gasteiger partial charge in [-0.3, -0.25) is 4.79 Å². The van der Waals surface area contributed by atoms with E-state index >= 15 is 0 Å². The average molecular weight is 450 g/mol. The molecule has 2 aromatic rings. The van der Waals surface area contributed by atoms with Crippen molar-refractivity contribution in [3.63, 3.8) is 0 Å². The molecule has 170 valence electrons. The first kappa shape index (κ1) is 23.0. The molecule has 0 radical (unpaired) electrons. The van der Waals surface area contributed by atoms with Gasteiger partial charge in [-0.15, -0.1) is 0 Å². The van der Waals surface area contributed by atoms with E-state index in [1.54, 1.807) is 18.2 Å². The van der Waals surface area contributed by atoms with Crippen molar-refractivity contribution in [1.82, 2.24) is 14.9 Å². The first-order valence-electron chi connectivity index (χ1n) is 9.46. The van der Waals surface area contributed by atoms with Crippen LogP contribution in [0, 0.1) is 0 Å². The van der Waals surface area contributed by atoms with Gasteiger partial charge in [0.05, 0.1) is 30.3 Å². The van der Waals surface area contributed by atoms with E-state index in [9.17, 15) is 23.1 Å². The largest absolute Gasteiger partial charge is 0.481 e. The quantitative estimate of drug-likeness (QED) is 0.471. The minimum absolute atomic E-state index is 0.0388. The summed E-state index contributed by atoms with van der Waals surface area (Å²) in [5.41, 5.74) is 7.47. The Morgan fingerprint density at radius 3 is 2.53 bits per heavy atom. The number of aliphatic hydroxyl groups is 1. The van der Waals surface area contributed by atoms with E-state index in [-0.39, 0.29) is 19.0 Å². The molecule has 0 spiro atoms. The van der Waals surface area contributed by atoms with Gasteiger partial charge in [-0.1, -0.05) is 12.1 Å². The maximum absolute atomic E-state index is 12.9. The van der Waals surface area contributed by atoms with E-state index in [1.807, 2.05) is 0 Å². The predicted molar refractivity (Wildman–Crippen MR) is 112 cm³/mol. The smallest absolute Gasteiger partial charge is 0.415 e. The lowest BCUT2D eigenvalue weighted by molar-refractivity contribution is -0.139. The molecule has 0 bridgehead atoms. The molecule has 0 saturated carbocycles. The Morgan fingerprint density at radius 1 is 1.28 bits per heavy atom. The molecule has 0 saturated heterocycles. The first-order chi connectivity index (χ1) is 15.1. The van der Waals surface area contributed by atoms with Crippen LogP contribution >= 0.6 is 0 Å². The van der Waals surface area contributed by atoms with Gasteiger partial charge >= 0.3 is 12.1 Å². The van der Waals surface area contributed by atoms with Gasteiger partial charge in [-0.25, -0.2) is 15.0 Å². The summed E-state index contributed by atoms with van der Waals surface area (Å²) in [6.07, 6.45) is -2.17. The van der Waals surface area contributed by atoms with E-state index < -0.39 is 30.2 Å². The molecule has 0 amide bonds. The average Bonchev–Trinajstić information content (AvgIpc) is 2.72. The second kappa shape index (κ2) is 9.22. The number of aromatic nitrogens is 2. The lowest BCUT2D eigenvalue weighted by Crippen LogP contribution is -2.36. The van der Waals surface area contributed by atoms with Crippen LogP contribution in [-0.4, -0.2) is 69.3 Å². The fourth-order valence-corrected chi connectivity index (χ4v) is 3.10. The van der Waals surface area contributed by atoms with Gasteiger partial charge in [-0.2, -0.15) is 13.2 Å². The number of nitrogen functional groups attached to an aromatic ring is 1. The molecule has 3 rings (SSSR count). The number of aliphatic carboxylic acids is 1. The lowest BCUT2D eigenvalue weighted by atomic mass is 10.0. The predicted octanol–water partition coefficient (Wildman–Crippen LogP) is 2.11. The Kier molecular flexibility index (Phi) is 6.63. The maximum atomic E-state index is 12.9.